The van der Waals surface area contributed by atoms with Crippen molar-refractivity contribution >= 4 is 32.3 Å². The topological polar surface area (TPSA) is 79.6 Å². The number of hydrogen-bond donors (Lipinski definition) is 1. The summed E-state index contributed by atoms with van der Waals surface area (Å²) in [5, 5.41) is 4.13. The highest BCUT2D eigenvalue weighted by molar-refractivity contribution is 7.93. The fourth-order valence-corrected chi connectivity index (χ4v) is 5.39. The number of rotatable bonds is 9. The zero-order valence-electron chi connectivity index (χ0n) is 21.4. The Morgan fingerprint density at radius 2 is 1.82 bits per heavy atom. The second-order valence-corrected chi connectivity index (χ2v) is 11.3. The molecule has 8 heteroatoms. The van der Waals surface area contributed by atoms with Crippen LogP contribution in [0.15, 0.2) is 50.5 Å². The average molecular weight is 484 g/mol. The first-order valence-corrected chi connectivity index (χ1v) is 13.8. The molecule has 1 N–H and O–H groups in total. The fraction of sp³-hybridized carbons (Fsp3) is 0.462. The van der Waals surface area contributed by atoms with Crippen molar-refractivity contribution in [3.05, 3.63) is 57.9 Å². The number of hydrogen-bond acceptors (Lipinski definition) is 6. The van der Waals surface area contributed by atoms with Gasteiger partial charge in [-0.1, -0.05) is 32.0 Å². The predicted octanol–water partition coefficient (Wildman–Crippen LogP) is 5.13. The lowest BCUT2D eigenvalue weighted by molar-refractivity contribution is 0.680. The van der Waals surface area contributed by atoms with Crippen molar-refractivity contribution in [3.63, 3.8) is 0 Å². The molecule has 0 bridgehead atoms. The van der Waals surface area contributed by atoms with E-state index in [1.54, 1.807) is 24.9 Å². The quantitative estimate of drug-likeness (QED) is 0.456. The van der Waals surface area contributed by atoms with Gasteiger partial charge < -0.3 is 10.2 Å². The summed E-state index contributed by atoms with van der Waals surface area (Å²) in [4.78, 5) is 21.3. The number of aryl methyl sites for hydroxylation is 1. The molecule has 7 nitrogen and oxygen atoms in total. The predicted molar refractivity (Wildman–Crippen MR) is 144 cm³/mol. The maximum Gasteiger partial charge on any atom is 0.262 e. The molecule has 3 aromatic rings. The van der Waals surface area contributed by atoms with Crippen molar-refractivity contribution in [1.82, 2.24) is 9.55 Å². The Labute approximate surface area is 203 Å². The van der Waals surface area contributed by atoms with Gasteiger partial charge in [-0.3, -0.25) is 9.36 Å². The van der Waals surface area contributed by atoms with E-state index in [-0.39, 0.29) is 11.6 Å². The second kappa shape index (κ2) is 10.6. The van der Waals surface area contributed by atoms with Crippen LogP contribution in [0.25, 0.3) is 10.9 Å². The number of para-hydroxylation sites is 1. The van der Waals surface area contributed by atoms with Crippen LogP contribution < -0.4 is 15.8 Å². The van der Waals surface area contributed by atoms with E-state index in [4.69, 9.17) is 4.98 Å². The largest absolute Gasteiger partial charge is 0.377 e. The lowest BCUT2D eigenvalue weighted by Gasteiger charge is -2.26. The highest BCUT2D eigenvalue weighted by atomic mass is 32.2. The van der Waals surface area contributed by atoms with Crippen molar-refractivity contribution < 1.29 is 4.21 Å². The van der Waals surface area contributed by atoms with Gasteiger partial charge in [0.15, 0.2) is 0 Å². The number of nitrogens with zero attached hydrogens (tertiary/aromatic N) is 4. The molecule has 3 rings (SSSR count). The molecule has 2 atom stereocenters. The van der Waals surface area contributed by atoms with Gasteiger partial charge >= 0.3 is 0 Å². The van der Waals surface area contributed by atoms with E-state index >= 15 is 0 Å². The first-order valence-electron chi connectivity index (χ1n) is 11.9. The first-order chi connectivity index (χ1) is 16.1. The summed E-state index contributed by atoms with van der Waals surface area (Å²) >= 11 is 0. The lowest BCUT2D eigenvalue weighted by Crippen LogP contribution is -2.33. The summed E-state index contributed by atoms with van der Waals surface area (Å²) in [6, 6.07) is 11.4. The van der Waals surface area contributed by atoms with Gasteiger partial charge in [0.05, 0.1) is 37.3 Å². The second-order valence-electron chi connectivity index (χ2n) is 8.86. The van der Waals surface area contributed by atoms with Crippen LogP contribution in [-0.4, -0.2) is 40.2 Å². The highest BCUT2D eigenvalue weighted by Gasteiger charge is 2.20. The van der Waals surface area contributed by atoms with Gasteiger partial charge in [-0.25, -0.2) is 13.6 Å². The molecule has 0 radical (unpaired) electrons. The summed E-state index contributed by atoms with van der Waals surface area (Å²) in [7, 11) is 0.866. The zero-order valence-corrected chi connectivity index (χ0v) is 22.2. The molecule has 0 fully saturated rings. The van der Waals surface area contributed by atoms with E-state index in [9.17, 15) is 9.00 Å². The molecule has 2 unspecified atom stereocenters. The van der Waals surface area contributed by atoms with Crippen molar-refractivity contribution in [2.75, 3.05) is 36.6 Å². The maximum absolute atomic E-state index is 13.4. The standard InChI is InChI=1S/C26H37N5O2S/c1-8-14-31(15-9-2)26-29-24-20(16-18(3)17-21(24)25(32)30(26)6)19(4)28-22-12-10-11-13-23(22)34(7,33)27-5/h10-13,16-17,19,28H,8-9,14-15H2,1-7H3. The summed E-state index contributed by atoms with van der Waals surface area (Å²) < 4.78 is 18.8. The summed E-state index contributed by atoms with van der Waals surface area (Å²) in [6.45, 7) is 9.98. The molecule has 0 aliphatic rings. The van der Waals surface area contributed by atoms with Gasteiger partial charge in [-0.05, 0) is 50.5 Å². The molecule has 0 spiro atoms. The van der Waals surface area contributed by atoms with Crippen molar-refractivity contribution in [2.45, 2.75) is 51.5 Å². The third-order valence-corrected chi connectivity index (χ3v) is 7.95. The van der Waals surface area contributed by atoms with Crippen LogP contribution in [0, 0.1) is 6.92 Å². The van der Waals surface area contributed by atoms with Gasteiger partial charge in [-0.2, -0.15) is 0 Å². The van der Waals surface area contributed by atoms with Gasteiger partial charge in [0.25, 0.3) is 5.56 Å². The van der Waals surface area contributed by atoms with Crippen LogP contribution in [0.5, 0.6) is 0 Å². The molecule has 0 amide bonds. The Hall–Kier alpha value is -2.87. The van der Waals surface area contributed by atoms with Crippen molar-refractivity contribution in [3.8, 4) is 0 Å². The smallest absolute Gasteiger partial charge is 0.262 e. The first kappa shape index (κ1) is 25.7. The number of nitrogens with one attached hydrogen (secondary N) is 1. The summed E-state index contributed by atoms with van der Waals surface area (Å²) in [5.74, 6) is 0.695. The Morgan fingerprint density at radius 1 is 1.18 bits per heavy atom. The van der Waals surface area contributed by atoms with Crippen LogP contribution in [0.1, 0.15) is 50.8 Å². The molecule has 0 saturated carbocycles. The Morgan fingerprint density at radius 3 is 2.44 bits per heavy atom. The van der Waals surface area contributed by atoms with Crippen molar-refractivity contribution in [1.29, 1.82) is 0 Å². The Balaban J connectivity index is 2.18. The average Bonchev–Trinajstić information content (AvgIpc) is 2.81. The van der Waals surface area contributed by atoms with Crippen molar-refractivity contribution in [2.24, 2.45) is 11.4 Å². The SMILES string of the molecule is CCCN(CCC)c1nc2c(C(C)Nc3ccccc3S(C)(=O)=NC)cc(C)cc2c(=O)n1C. The minimum Gasteiger partial charge on any atom is -0.377 e. The number of anilines is 2. The highest BCUT2D eigenvalue weighted by Crippen LogP contribution is 2.30. The van der Waals surface area contributed by atoms with Gasteiger partial charge in [0.2, 0.25) is 5.95 Å². The summed E-state index contributed by atoms with van der Waals surface area (Å²) in [6.07, 6.45) is 3.60. The molecule has 1 heterocycles. The number of benzene rings is 2. The monoisotopic (exact) mass is 483 g/mol. The molecule has 0 aliphatic carbocycles. The molecule has 0 aliphatic heterocycles. The zero-order chi connectivity index (χ0) is 25.0. The molecular weight excluding hydrogens is 446 g/mol. The van der Waals surface area contributed by atoms with E-state index in [1.807, 2.05) is 44.2 Å². The normalized spacial score (nSPS) is 14.0. The van der Waals surface area contributed by atoms with E-state index in [0.29, 0.717) is 21.7 Å². The van der Waals surface area contributed by atoms with Crippen LogP contribution in [-0.2, 0) is 16.8 Å². The molecule has 1 aromatic heterocycles. The molecule has 2 aromatic carbocycles. The third kappa shape index (κ3) is 5.12. The van der Waals surface area contributed by atoms with Crippen LogP contribution in [0.2, 0.25) is 0 Å². The maximum atomic E-state index is 13.4. The minimum absolute atomic E-state index is 0.0453. The van der Waals surface area contributed by atoms with E-state index in [0.717, 1.165) is 42.7 Å². The Bertz CT molecular complexity index is 1350. The minimum atomic E-state index is -2.51. The lowest BCUT2D eigenvalue weighted by atomic mass is 10.0. The molecule has 184 valence electrons. The molecule has 34 heavy (non-hydrogen) atoms. The molecular formula is C26H37N5O2S. The van der Waals surface area contributed by atoms with Crippen LogP contribution in [0.4, 0.5) is 11.6 Å². The van der Waals surface area contributed by atoms with Crippen LogP contribution in [0.3, 0.4) is 0 Å². The van der Waals surface area contributed by atoms with Gasteiger partial charge in [0.1, 0.15) is 0 Å². The van der Waals surface area contributed by atoms with Gasteiger partial charge in [0, 0.05) is 39.0 Å². The van der Waals surface area contributed by atoms with Crippen LogP contribution >= 0.6 is 0 Å². The van der Waals surface area contributed by atoms with Gasteiger partial charge in [-0.15, -0.1) is 0 Å². The fourth-order valence-electron chi connectivity index (χ4n) is 4.33. The van der Waals surface area contributed by atoms with E-state index < -0.39 is 9.73 Å². The molecule has 0 saturated heterocycles. The number of fused-ring (bicyclic) bond motifs is 1. The number of aromatic nitrogens is 2. The third-order valence-electron chi connectivity index (χ3n) is 6.08. The van der Waals surface area contributed by atoms with E-state index in [1.165, 1.54) is 0 Å². The summed E-state index contributed by atoms with van der Waals surface area (Å²) in [5.41, 5.74) is 3.36. The Kier molecular flexibility index (Phi) is 8.02. The van der Waals surface area contributed by atoms with E-state index in [2.05, 4.69) is 34.5 Å².